The van der Waals surface area contributed by atoms with Gasteiger partial charge in [0.05, 0.1) is 33.5 Å². The van der Waals surface area contributed by atoms with Gasteiger partial charge >= 0.3 is 0 Å². The molecular weight excluding hydrogens is 439 g/mol. The molecule has 0 saturated carbocycles. The van der Waals surface area contributed by atoms with Crippen LogP contribution in [0.4, 0.5) is 5.69 Å². The van der Waals surface area contributed by atoms with Crippen LogP contribution in [-0.2, 0) is 11.3 Å². The first-order valence-electron chi connectivity index (χ1n) is 9.41. The fourth-order valence-corrected chi connectivity index (χ4v) is 3.47. The van der Waals surface area contributed by atoms with Crippen LogP contribution in [0.1, 0.15) is 10.4 Å². The summed E-state index contributed by atoms with van der Waals surface area (Å²) in [5.74, 6) is -0.423. The van der Waals surface area contributed by atoms with Gasteiger partial charge in [0.2, 0.25) is 0 Å². The minimum atomic E-state index is -0.423. The molecule has 0 aromatic heterocycles. The van der Waals surface area contributed by atoms with Gasteiger partial charge in [-0.1, -0.05) is 41.4 Å². The first-order chi connectivity index (χ1) is 15.0. The minimum absolute atomic E-state index is 0.256. The average Bonchev–Trinajstić information content (AvgIpc) is 3.11. The Hall–Kier alpha value is -3.13. The number of nitrogens with one attached hydrogen (secondary N) is 1. The number of pyridine rings is 1. The predicted octanol–water partition coefficient (Wildman–Crippen LogP) is 4.34. The fourth-order valence-electron chi connectivity index (χ4n) is 3.17. The molecule has 0 bridgehead atoms. The van der Waals surface area contributed by atoms with E-state index in [1.54, 1.807) is 54.4 Å². The van der Waals surface area contributed by atoms with Gasteiger partial charge in [-0.15, -0.1) is 0 Å². The zero-order chi connectivity index (χ0) is 22.0. The number of carbonyl (C=O) groups is 1. The number of amides is 1. The van der Waals surface area contributed by atoms with Crippen LogP contribution in [0.25, 0.3) is 16.9 Å². The number of ether oxygens (including phenoxy) is 1. The number of carbonyl (C=O) groups excluding carboxylic acids is 1. The Balaban J connectivity index is 1.80. The van der Waals surface area contributed by atoms with Gasteiger partial charge in [0.15, 0.2) is 0 Å². The van der Waals surface area contributed by atoms with E-state index in [9.17, 15) is 9.59 Å². The quantitative estimate of drug-likeness (QED) is 0.467. The molecule has 9 heteroatoms. The predicted molar refractivity (Wildman–Crippen MR) is 121 cm³/mol. The highest BCUT2D eigenvalue weighted by molar-refractivity contribution is 6.42. The van der Waals surface area contributed by atoms with Crippen molar-refractivity contribution in [2.75, 3.05) is 19.0 Å². The molecule has 2 heterocycles. The summed E-state index contributed by atoms with van der Waals surface area (Å²) in [6, 6.07) is 13.8. The maximum atomic E-state index is 13.1. The number of methoxy groups -OCH3 is 1. The summed E-state index contributed by atoms with van der Waals surface area (Å²) in [5.41, 5.74) is 1.68. The van der Waals surface area contributed by atoms with Crippen LogP contribution in [0, 0.1) is 0 Å². The molecule has 2 aromatic rings. The van der Waals surface area contributed by atoms with Gasteiger partial charge in [-0.2, -0.15) is 9.78 Å². The van der Waals surface area contributed by atoms with E-state index in [0.29, 0.717) is 45.8 Å². The van der Waals surface area contributed by atoms with Crippen LogP contribution in [0.5, 0.6) is 0 Å². The van der Waals surface area contributed by atoms with Gasteiger partial charge in [0, 0.05) is 31.7 Å². The highest BCUT2D eigenvalue weighted by atomic mass is 35.5. The maximum absolute atomic E-state index is 13.1. The van der Waals surface area contributed by atoms with E-state index in [2.05, 4.69) is 10.4 Å². The Morgan fingerprint density at radius 2 is 1.87 bits per heavy atom. The van der Waals surface area contributed by atoms with Crippen molar-refractivity contribution in [1.29, 1.82) is 0 Å². The monoisotopic (exact) mass is 456 g/mol. The highest BCUT2D eigenvalue weighted by Gasteiger charge is 2.24. The molecule has 7 nitrogen and oxygen atoms in total. The Morgan fingerprint density at radius 1 is 1.10 bits per heavy atom. The lowest BCUT2D eigenvalue weighted by Gasteiger charge is -2.13. The molecule has 0 spiro atoms. The number of para-hydroxylation sites is 1. The van der Waals surface area contributed by atoms with Crippen molar-refractivity contribution in [3.63, 3.8) is 0 Å². The van der Waals surface area contributed by atoms with Gasteiger partial charge in [0.1, 0.15) is 5.69 Å². The van der Waals surface area contributed by atoms with E-state index in [-0.39, 0.29) is 11.1 Å². The molecule has 1 N–H and O–H groups in total. The third-order valence-electron chi connectivity index (χ3n) is 4.70. The number of rotatable bonds is 6. The molecule has 0 radical (unpaired) electrons. The van der Waals surface area contributed by atoms with Crippen molar-refractivity contribution in [3.8, 4) is 16.9 Å². The van der Waals surface area contributed by atoms with E-state index in [1.165, 1.54) is 4.68 Å². The third-order valence-corrected chi connectivity index (χ3v) is 5.44. The Morgan fingerprint density at radius 3 is 2.58 bits per heavy atom. The summed E-state index contributed by atoms with van der Waals surface area (Å²) in [6.07, 6.45) is 3.33. The first-order valence-corrected chi connectivity index (χ1v) is 10.2. The van der Waals surface area contributed by atoms with Crippen LogP contribution < -0.4 is 10.9 Å². The van der Waals surface area contributed by atoms with Gasteiger partial charge < -0.3 is 14.6 Å². The summed E-state index contributed by atoms with van der Waals surface area (Å²) >= 11 is 12.0. The number of anilines is 1. The minimum Gasteiger partial charge on any atom is -0.383 e. The van der Waals surface area contributed by atoms with Gasteiger partial charge in [-0.3, -0.25) is 9.59 Å². The summed E-state index contributed by atoms with van der Waals surface area (Å²) in [4.78, 5) is 26.2. The highest BCUT2D eigenvalue weighted by Crippen LogP contribution is 2.27. The first kappa shape index (κ1) is 21.1. The van der Waals surface area contributed by atoms with Crippen LogP contribution in [0.2, 0.25) is 10.0 Å². The summed E-state index contributed by atoms with van der Waals surface area (Å²) < 4.78 is 8.17. The summed E-state index contributed by atoms with van der Waals surface area (Å²) in [6.45, 7) is 0.889. The lowest BCUT2D eigenvalue weighted by Crippen LogP contribution is -2.18. The molecule has 158 valence electrons. The second-order valence-electron chi connectivity index (χ2n) is 6.80. The number of nitrogens with zero attached hydrogens (tertiary/aromatic N) is 3. The van der Waals surface area contributed by atoms with Crippen molar-refractivity contribution in [2.24, 2.45) is 0 Å². The molecule has 2 aliphatic heterocycles. The molecule has 4 rings (SSSR count). The molecule has 0 unspecified atom stereocenters. The molecule has 1 amide bonds. The van der Waals surface area contributed by atoms with E-state index in [0.717, 1.165) is 0 Å². The lowest BCUT2D eigenvalue weighted by molar-refractivity contribution is 0.102. The van der Waals surface area contributed by atoms with Crippen molar-refractivity contribution in [3.05, 3.63) is 86.9 Å². The van der Waals surface area contributed by atoms with Crippen LogP contribution in [0.15, 0.2) is 65.7 Å². The van der Waals surface area contributed by atoms with E-state index in [1.807, 2.05) is 18.2 Å². The van der Waals surface area contributed by atoms with Crippen LogP contribution in [-0.4, -0.2) is 34.0 Å². The van der Waals surface area contributed by atoms with Gasteiger partial charge in [-0.25, -0.2) is 0 Å². The molecule has 31 heavy (non-hydrogen) atoms. The maximum Gasteiger partial charge on any atom is 0.282 e. The molecule has 0 fully saturated rings. The Kier molecular flexibility index (Phi) is 6.08. The van der Waals surface area contributed by atoms with Gasteiger partial charge in [0.25, 0.3) is 11.5 Å². The SMILES string of the molecule is COCCn1cc(C(=O)Nc2ccc(Cl)c(Cl)c2)c2nn(-c3ccccc3)c(=O)c-2c1. The standard InChI is InChI=1S/C22H18Cl2N4O3/c1-31-10-9-27-12-16(21(29)25-14-7-8-18(23)19(24)11-14)20-17(13-27)22(30)28(26-20)15-5-3-2-4-6-15/h2-8,11-13H,9-10H2,1H3,(H,25,29). The van der Waals surface area contributed by atoms with Crippen molar-refractivity contribution in [2.45, 2.75) is 6.54 Å². The van der Waals surface area contributed by atoms with Gasteiger partial charge in [-0.05, 0) is 30.3 Å². The van der Waals surface area contributed by atoms with E-state index in [4.69, 9.17) is 27.9 Å². The van der Waals surface area contributed by atoms with Crippen molar-refractivity contribution in [1.82, 2.24) is 14.3 Å². The molecule has 2 aliphatic rings. The van der Waals surface area contributed by atoms with E-state index < -0.39 is 5.91 Å². The molecule has 0 saturated heterocycles. The number of halogens is 2. The summed E-state index contributed by atoms with van der Waals surface area (Å²) in [5, 5.41) is 7.95. The topological polar surface area (TPSA) is 78.2 Å². The second-order valence-corrected chi connectivity index (χ2v) is 7.61. The average molecular weight is 457 g/mol. The van der Waals surface area contributed by atoms with E-state index >= 15 is 0 Å². The number of fused-ring (bicyclic) bond motifs is 1. The largest absolute Gasteiger partial charge is 0.383 e. The van der Waals surface area contributed by atoms with Crippen LogP contribution in [0.3, 0.4) is 0 Å². The second kappa shape index (κ2) is 8.93. The molecule has 2 aromatic carbocycles. The smallest absolute Gasteiger partial charge is 0.282 e. The molecule has 0 aliphatic carbocycles. The normalized spacial score (nSPS) is 11.1. The van der Waals surface area contributed by atoms with Crippen molar-refractivity contribution >= 4 is 34.8 Å². The molecular formula is C22H18Cl2N4O3. The summed E-state index contributed by atoms with van der Waals surface area (Å²) in [7, 11) is 1.59. The number of benzene rings is 2. The molecule has 0 atom stereocenters. The van der Waals surface area contributed by atoms with Crippen molar-refractivity contribution < 1.29 is 9.53 Å². The number of hydrogen-bond acceptors (Lipinski definition) is 4. The van der Waals surface area contributed by atoms with Crippen LogP contribution >= 0.6 is 23.2 Å². The zero-order valence-electron chi connectivity index (χ0n) is 16.5. The lowest BCUT2D eigenvalue weighted by atomic mass is 10.1. The third kappa shape index (κ3) is 4.34. The fraction of sp³-hybridized carbons (Fsp3) is 0.136. The number of hydrogen-bond donors (Lipinski definition) is 1. The number of aromatic nitrogens is 3. The Labute approximate surface area is 188 Å². The Bertz CT molecular complexity index is 1270. The zero-order valence-corrected chi connectivity index (χ0v) is 18.0.